The highest BCUT2D eigenvalue weighted by atomic mass is 35.5. The van der Waals surface area contributed by atoms with Gasteiger partial charge in [0.1, 0.15) is 0 Å². The molecule has 1 N–H and O–H groups in total. The molecule has 2 aromatic carbocycles. The zero-order valence-electron chi connectivity index (χ0n) is 12.9. The molecule has 3 nitrogen and oxygen atoms in total. The first kappa shape index (κ1) is 16.0. The van der Waals surface area contributed by atoms with Gasteiger partial charge < -0.3 is 10.1 Å². The van der Waals surface area contributed by atoms with Crippen molar-refractivity contribution in [2.45, 2.75) is 18.3 Å². The molecule has 1 fully saturated rings. The minimum Gasteiger partial charge on any atom is -0.381 e. The van der Waals surface area contributed by atoms with Crippen LogP contribution in [0.25, 0.3) is 0 Å². The predicted molar refractivity (Wildman–Crippen MR) is 92.0 cm³/mol. The van der Waals surface area contributed by atoms with Gasteiger partial charge in [-0.05, 0) is 30.5 Å². The molecule has 0 aromatic heterocycles. The molecular weight excluding hydrogens is 310 g/mol. The Morgan fingerprint density at radius 2 is 1.70 bits per heavy atom. The minimum absolute atomic E-state index is 0.0730. The van der Waals surface area contributed by atoms with Gasteiger partial charge in [-0.15, -0.1) is 0 Å². The van der Waals surface area contributed by atoms with Gasteiger partial charge in [0.25, 0.3) is 5.91 Å². The SMILES string of the molecule is O=C(NCC1(c2ccccc2)CCOCC1)c1ccccc1Cl. The highest BCUT2D eigenvalue weighted by Gasteiger charge is 2.34. The quantitative estimate of drug-likeness (QED) is 0.926. The smallest absolute Gasteiger partial charge is 0.252 e. The molecule has 0 atom stereocenters. The van der Waals surface area contributed by atoms with Crippen molar-refractivity contribution in [3.05, 3.63) is 70.7 Å². The third-order valence-electron chi connectivity index (χ3n) is 4.54. The molecule has 0 saturated carbocycles. The van der Waals surface area contributed by atoms with Crippen LogP contribution in [0.15, 0.2) is 54.6 Å². The van der Waals surface area contributed by atoms with Crippen LogP contribution in [0.4, 0.5) is 0 Å². The highest BCUT2D eigenvalue weighted by Crippen LogP contribution is 2.34. The van der Waals surface area contributed by atoms with E-state index in [-0.39, 0.29) is 11.3 Å². The fourth-order valence-electron chi connectivity index (χ4n) is 3.11. The van der Waals surface area contributed by atoms with E-state index in [0.717, 1.165) is 26.1 Å². The Morgan fingerprint density at radius 3 is 2.39 bits per heavy atom. The molecule has 4 heteroatoms. The van der Waals surface area contributed by atoms with Crippen LogP contribution in [0.2, 0.25) is 5.02 Å². The topological polar surface area (TPSA) is 38.3 Å². The van der Waals surface area contributed by atoms with Gasteiger partial charge in [-0.1, -0.05) is 54.1 Å². The third-order valence-corrected chi connectivity index (χ3v) is 4.87. The van der Waals surface area contributed by atoms with Gasteiger partial charge in [-0.25, -0.2) is 0 Å². The summed E-state index contributed by atoms with van der Waals surface area (Å²) in [5.74, 6) is -0.127. The van der Waals surface area contributed by atoms with E-state index in [1.54, 1.807) is 12.1 Å². The number of amides is 1. The van der Waals surface area contributed by atoms with Gasteiger partial charge >= 0.3 is 0 Å². The van der Waals surface area contributed by atoms with Gasteiger partial charge in [-0.3, -0.25) is 4.79 Å². The van der Waals surface area contributed by atoms with Crippen molar-refractivity contribution in [1.82, 2.24) is 5.32 Å². The number of carbonyl (C=O) groups excluding carboxylic acids is 1. The number of carbonyl (C=O) groups is 1. The van der Waals surface area contributed by atoms with E-state index in [9.17, 15) is 4.79 Å². The molecule has 1 heterocycles. The van der Waals surface area contributed by atoms with E-state index < -0.39 is 0 Å². The lowest BCUT2D eigenvalue weighted by molar-refractivity contribution is 0.0487. The standard InChI is InChI=1S/C19H20ClNO2/c20-17-9-5-4-8-16(17)18(22)21-14-19(10-12-23-13-11-19)15-6-2-1-3-7-15/h1-9H,10-14H2,(H,21,22). The van der Waals surface area contributed by atoms with Crippen LogP contribution in [0, 0.1) is 0 Å². The minimum atomic E-state index is -0.127. The Morgan fingerprint density at radius 1 is 1.04 bits per heavy atom. The Bertz CT molecular complexity index is 666. The van der Waals surface area contributed by atoms with Crippen molar-refractivity contribution >= 4 is 17.5 Å². The highest BCUT2D eigenvalue weighted by molar-refractivity contribution is 6.33. The maximum absolute atomic E-state index is 12.5. The molecule has 1 aliphatic rings. The Labute approximate surface area is 141 Å². The lowest BCUT2D eigenvalue weighted by Crippen LogP contribution is -2.44. The summed E-state index contributed by atoms with van der Waals surface area (Å²) >= 11 is 6.11. The van der Waals surface area contributed by atoms with Crippen LogP contribution in [0.3, 0.4) is 0 Å². The number of halogens is 1. The van der Waals surface area contributed by atoms with E-state index >= 15 is 0 Å². The average molecular weight is 330 g/mol. The molecule has 23 heavy (non-hydrogen) atoms. The summed E-state index contributed by atoms with van der Waals surface area (Å²) in [5.41, 5.74) is 1.70. The van der Waals surface area contributed by atoms with Crippen LogP contribution in [-0.4, -0.2) is 25.7 Å². The molecule has 0 radical (unpaired) electrons. The summed E-state index contributed by atoms with van der Waals surface area (Å²) in [5, 5.41) is 3.55. The van der Waals surface area contributed by atoms with Crippen LogP contribution in [-0.2, 0) is 10.2 Å². The molecule has 1 amide bonds. The zero-order valence-corrected chi connectivity index (χ0v) is 13.7. The molecular formula is C19H20ClNO2. The van der Waals surface area contributed by atoms with Gasteiger partial charge in [0, 0.05) is 25.2 Å². The molecule has 2 aromatic rings. The van der Waals surface area contributed by atoms with Gasteiger partial charge in [0.15, 0.2) is 0 Å². The second kappa shape index (κ2) is 7.16. The van der Waals surface area contributed by atoms with Crippen LogP contribution in [0.5, 0.6) is 0 Å². The average Bonchev–Trinajstić information content (AvgIpc) is 2.62. The molecule has 1 saturated heterocycles. The second-order valence-corrected chi connectivity index (χ2v) is 6.33. The van der Waals surface area contributed by atoms with E-state index in [4.69, 9.17) is 16.3 Å². The first-order valence-corrected chi connectivity index (χ1v) is 8.25. The van der Waals surface area contributed by atoms with Gasteiger partial charge in [0.05, 0.1) is 10.6 Å². The molecule has 3 rings (SSSR count). The fourth-order valence-corrected chi connectivity index (χ4v) is 3.33. The van der Waals surface area contributed by atoms with Crippen molar-refractivity contribution in [2.75, 3.05) is 19.8 Å². The summed E-state index contributed by atoms with van der Waals surface area (Å²) in [4.78, 5) is 12.5. The van der Waals surface area contributed by atoms with Gasteiger partial charge in [0.2, 0.25) is 0 Å². The van der Waals surface area contributed by atoms with Crippen LogP contribution in [0.1, 0.15) is 28.8 Å². The first-order valence-electron chi connectivity index (χ1n) is 7.87. The van der Waals surface area contributed by atoms with E-state index in [2.05, 4.69) is 17.4 Å². The number of hydrogen-bond acceptors (Lipinski definition) is 2. The van der Waals surface area contributed by atoms with Crippen molar-refractivity contribution in [2.24, 2.45) is 0 Å². The molecule has 0 spiro atoms. The monoisotopic (exact) mass is 329 g/mol. The molecule has 0 unspecified atom stereocenters. The maximum Gasteiger partial charge on any atom is 0.252 e. The Kier molecular flexibility index (Phi) is 4.99. The fraction of sp³-hybridized carbons (Fsp3) is 0.316. The Hall–Kier alpha value is -1.84. The lowest BCUT2D eigenvalue weighted by atomic mass is 9.74. The van der Waals surface area contributed by atoms with Crippen molar-refractivity contribution in [3.8, 4) is 0 Å². The van der Waals surface area contributed by atoms with Crippen molar-refractivity contribution in [1.29, 1.82) is 0 Å². The molecule has 120 valence electrons. The molecule has 0 bridgehead atoms. The summed E-state index contributed by atoms with van der Waals surface area (Å²) < 4.78 is 5.52. The van der Waals surface area contributed by atoms with E-state index in [1.807, 2.05) is 30.3 Å². The second-order valence-electron chi connectivity index (χ2n) is 5.92. The number of hydrogen-bond donors (Lipinski definition) is 1. The first-order chi connectivity index (χ1) is 11.2. The summed E-state index contributed by atoms with van der Waals surface area (Å²) in [6, 6.07) is 17.5. The van der Waals surface area contributed by atoms with Gasteiger partial charge in [-0.2, -0.15) is 0 Å². The number of ether oxygens (including phenoxy) is 1. The van der Waals surface area contributed by atoms with Crippen molar-refractivity contribution in [3.63, 3.8) is 0 Å². The number of rotatable bonds is 4. The normalized spacial score (nSPS) is 16.7. The summed E-state index contributed by atoms with van der Waals surface area (Å²) in [6.07, 6.45) is 1.81. The third kappa shape index (κ3) is 3.57. The van der Waals surface area contributed by atoms with Crippen molar-refractivity contribution < 1.29 is 9.53 Å². The van der Waals surface area contributed by atoms with E-state index in [1.165, 1.54) is 5.56 Å². The summed E-state index contributed by atoms with van der Waals surface area (Å²) in [7, 11) is 0. The van der Waals surface area contributed by atoms with E-state index in [0.29, 0.717) is 17.1 Å². The lowest BCUT2D eigenvalue weighted by Gasteiger charge is -2.38. The molecule has 1 aliphatic heterocycles. The maximum atomic E-state index is 12.5. The predicted octanol–water partition coefficient (Wildman–Crippen LogP) is 3.82. The van der Waals surface area contributed by atoms with Crippen LogP contribution < -0.4 is 5.32 Å². The number of nitrogens with one attached hydrogen (secondary N) is 1. The molecule has 0 aliphatic carbocycles. The van der Waals surface area contributed by atoms with Crippen LogP contribution >= 0.6 is 11.6 Å². The summed E-state index contributed by atoms with van der Waals surface area (Å²) in [6.45, 7) is 2.03. The zero-order chi connectivity index (χ0) is 16.1. The number of benzene rings is 2. The largest absolute Gasteiger partial charge is 0.381 e. The Balaban J connectivity index is 1.78.